The summed E-state index contributed by atoms with van der Waals surface area (Å²) in [6, 6.07) is 5.56. The molecule has 0 spiro atoms. The molecular formula is C20H24N2O5. The molecule has 7 heteroatoms. The second kappa shape index (κ2) is 7.06. The standard InChI is InChI=1S/C20H24N2O5/c1-5-26-18-15(16(23)17(18)24)21-12-7-8-13-11(10-12)6-9-14(13)22-19(25)27-20(2,3)4/h7-8,10,14,21H,5-6,9H2,1-4H3,(H,22,25)/t14-/m0/s1. The number of carbonyl (C=O) groups excluding carboxylic acids is 1. The molecule has 2 aromatic carbocycles. The van der Waals surface area contributed by atoms with Crippen molar-refractivity contribution in [2.45, 2.75) is 52.2 Å². The molecule has 0 saturated heterocycles. The van der Waals surface area contributed by atoms with Crippen molar-refractivity contribution in [2.24, 2.45) is 0 Å². The van der Waals surface area contributed by atoms with Crippen molar-refractivity contribution in [1.29, 1.82) is 0 Å². The van der Waals surface area contributed by atoms with Crippen LogP contribution < -0.4 is 26.2 Å². The zero-order chi connectivity index (χ0) is 19.8. The van der Waals surface area contributed by atoms with Gasteiger partial charge in [-0.05, 0) is 63.8 Å². The average Bonchev–Trinajstić information content (AvgIpc) is 2.98. The molecule has 144 valence electrons. The van der Waals surface area contributed by atoms with Crippen LogP contribution in [0, 0.1) is 0 Å². The lowest BCUT2D eigenvalue weighted by molar-refractivity contribution is 0.0503. The fourth-order valence-electron chi connectivity index (χ4n) is 3.21. The molecule has 27 heavy (non-hydrogen) atoms. The third-order valence-electron chi connectivity index (χ3n) is 4.34. The number of fused-ring (bicyclic) bond motifs is 1. The predicted octanol–water partition coefficient (Wildman–Crippen LogP) is 2.94. The zero-order valence-corrected chi connectivity index (χ0v) is 16.0. The van der Waals surface area contributed by atoms with E-state index in [0.29, 0.717) is 12.3 Å². The molecule has 0 aromatic heterocycles. The Morgan fingerprint density at radius 1 is 1.22 bits per heavy atom. The molecular weight excluding hydrogens is 348 g/mol. The maximum absolute atomic E-state index is 12.0. The van der Waals surface area contributed by atoms with Gasteiger partial charge in [0, 0.05) is 5.69 Å². The Hall–Kier alpha value is -2.83. The predicted molar refractivity (Wildman–Crippen MR) is 103 cm³/mol. The summed E-state index contributed by atoms with van der Waals surface area (Å²) in [5.41, 5.74) is 1.31. The van der Waals surface area contributed by atoms with Crippen LogP contribution in [0.4, 0.5) is 16.2 Å². The number of hydrogen-bond donors (Lipinski definition) is 2. The van der Waals surface area contributed by atoms with Gasteiger partial charge in [-0.2, -0.15) is 0 Å². The molecule has 0 heterocycles. The molecule has 1 amide bonds. The van der Waals surface area contributed by atoms with E-state index in [-0.39, 0.29) is 17.5 Å². The number of amides is 1. The SMILES string of the molecule is CCOc1c(Nc2ccc3c(c2)CC[C@@H]3NC(=O)OC(C)(C)C)c(=O)c1=O. The van der Waals surface area contributed by atoms with Crippen LogP contribution in [0.1, 0.15) is 51.3 Å². The Bertz CT molecular complexity index is 935. The number of anilines is 2. The van der Waals surface area contributed by atoms with Crippen LogP contribution >= 0.6 is 0 Å². The number of carbonyl (C=O) groups is 1. The summed E-state index contributed by atoms with van der Waals surface area (Å²) < 4.78 is 10.5. The maximum Gasteiger partial charge on any atom is 0.408 e. The third kappa shape index (κ3) is 3.97. The largest absolute Gasteiger partial charge is 0.488 e. The van der Waals surface area contributed by atoms with Gasteiger partial charge in [0.15, 0.2) is 5.75 Å². The third-order valence-corrected chi connectivity index (χ3v) is 4.34. The molecule has 0 fully saturated rings. The summed E-state index contributed by atoms with van der Waals surface area (Å²) >= 11 is 0. The van der Waals surface area contributed by atoms with Crippen molar-refractivity contribution in [3.8, 4) is 5.75 Å². The molecule has 1 aliphatic carbocycles. The topological polar surface area (TPSA) is 93.7 Å². The number of rotatable bonds is 5. The summed E-state index contributed by atoms with van der Waals surface area (Å²) in [5, 5.41) is 5.88. The molecule has 1 aliphatic rings. The molecule has 0 saturated carbocycles. The van der Waals surface area contributed by atoms with Gasteiger partial charge in [0.1, 0.15) is 11.3 Å². The highest BCUT2D eigenvalue weighted by molar-refractivity contribution is 5.71. The first-order valence-electron chi connectivity index (χ1n) is 9.05. The lowest BCUT2D eigenvalue weighted by Crippen LogP contribution is -2.35. The summed E-state index contributed by atoms with van der Waals surface area (Å²) in [5.74, 6) is 0.0902. The Morgan fingerprint density at radius 2 is 1.96 bits per heavy atom. The van der Waals surface area contributed by atoms with Gasteiger partial charge in [0.2, 0.25) is 0 Å². The van der Waals surface area contributed by atoms with Crippen LogP contribution in [-0.4, -0.2) is 18.3 Å². The molecule has 0 bridgehead atoms. The van der Waals surface area contributed by atoms with Crippen LogP contribution in [0.5, 0.6) is 5.75 Å². The Morgan fingerprint density at radius 3 is 2.63 bits per heavy atom. The van der Waals surface area contributed by atoms with E-state index in [0.717, 1.165) is 24.0 Å². The van der Waals surface area contributed by atoms with Crippen molar-refractivity contribution in [2.75, 3.05) is 11.9 Å². The fourth-order valence-corrected chi connectivity index (χ4v) is 3.21. The number of ether oxygens (including phenoxy) is 2. The first-order chi connectivity index (χ1) is 12.7. The minimum atomic E-state index is -0.595. The highest BCUT2D eigenvalue weighted by atomic mass is 16.6. The first-order valence-corrected chi connectivity index (χ1v) is 9.05. The van der Waals surface area contributed by atoms with E-state index in [2.05, 4.69) is 10.6 Å². The highest BCUT2D eigenvalue weighted by Crippen LogP contribution is 2.34. The molecule has 0 unspecified atom stereocenters. The van der Waals surface area contributed by atoms with Crippen molar-refractivity contribution < 1.29 is 14.3 Å². The average molecular weight is 372 g/mol. The summed E-state index contributed by atoms with van der Waals surface area (Å²) in [7, 11) is 0. The van der Waals surface area contributed by atoms with Gasteiger partial charge >= 0.3 is 6.09 Å². The minimum absolute atomic E-state index is 0.0902. The summed E-state index contributed by atoms with van der Waals surface area (Å²) in [6.07, 6.45) is 1.14. The quantitative estimate of drug-likeness (QED) is 0.784. The van der Waals surface area contributed by atoms with Crippen LogP contribution in [0.2, 0.25) is 0 Å². The van der Waals surface area contributed by atoms with Gasteiger partial charge < -0.3 is 20.1 Å². The van der Waals surface area contributed by atoms with Crippen molar-refractivity contribution in [1.82, 2.24) is 5.32 Å². The number of aryl methyl sites for hydroxylation is 1. The van der Waals surface area contributed by atoms with Gasteiger partial charge in [0.25, 0.3) is 10.9 Å². The smallest absolute Gasteiger partial charge is 0.408 e. The highest BCUT2D eigenvalue weighted by Gasteiger charge is 2.27. The van der Waals surface area contributed by atoms with Gasteiger partial charge in [0.05, 0.1) is 12.6 Å². The Kier molecular flexibility index (Phi) is 4.95. The van der Waals surface area contributed by atoms with Gasteiger partial charge in [-0.25, -0.2) is 4.79 Å². The monoisotopic (exact) mass is 372 g/mol. The van der Waals surface area contributed by atoms with Crippen molar-refractivity contribution in [3.05, 3.63) is 49.8 Å². The number of alkyl carbamates (subject to hydrolysis) is 1. The van der Waals surface area contributed by atoms with E-state index < -0.39 is 22.6 Å². The van der Waals surface area contributed by atoms with E-state index in [9.17, 15) is 14.4 Å². The molecule has 7 nitrogen and oxygen atoms in total. The van der Waals surface area contributed by atoms with Crippen LogP contribution in [0.25, 0.3) is 0 Å². The van der Waals surface area contributed by atoms with Crippen molar-refractivity contribution in [3.63, 3.8) is 0 Å². The van der Waals surface area contributed by atoms with Crippen LogP contribution in [0.15, 0.2) is 27.8 Å². The fraction of sp³-hybridized carbons (Fsp3) is 0.450. The van der Waals surface area contributed by atoms with Crippen LogP contribution in [0.3, 0.4) is 0 Å². The zero-order valence-electron chi connectivity index (χ0n) is 16.0. The number of hydrogen-bond acceptors (Lipinski definition) is 6. The molecule has 0 radical (unpaired) electrons. The van der Waals surface area contributed by atoms with Crippen LogP contribution in [-0.2, 0) is 11.2 Å². The molecule has 2 aromatic rings. The van der Waals surface area contributed by atoms with Gasteiger partial charge in [-0.1, -0.05) is 6.07 Å². The Balaban J connectivity index is 1.72. The van der Waals surface area contributed by atoms with Crippen molar-refractivity contribution >= 4 is 17.5 Å². The number of nitrogens with one attached hydrogen (secondary N) is 2. The van der Waals surface area contributed by atoms with E-state index >= 15 is 0 Å². The van der Waals surface area contributed by atoms with E-state index in [1.165, 1.54) is 0 Å². The summed E-state index contributed by atoms with van der Waals surface area (Å²) in [4.78, 5) is 35.3. The molecule has 0 aliphatic heterocycles. The summed E-state index contributed by atoms with van der Waals surface area (Å²) in [6.45, 7) is 7.55. The second-order valence-corrected chi connectivity index (χ2v) is 7.57. The molecule has 3 rings (SSSR count). The van der Waals surface area contributed by atoms with Gasteiger partial charge in [-0.15, -0.1) is 0 Å². The maximum atomic E-state index is 12.0. The minimum Gasteiger partial charge on any atom is -0.488 e. The van der Waals surface area contributed by atoms with E-state index in [1.54, 1.807) is 6.92 Å². The second-order valence-electron chi connectivity index (χ2n) is 7.57. The molecule has 1 atom stereocenters. The first kappa shape index (κ1) is 18.9. The Labute approximate surface area is 157 Å². The molecule has 2 N–H and O–H groups in total. The van der Waals surface area contributed by atoms with Gasteiger partial charge in [-0.3, -0.25) is 9.59 Å². The van der Waals surface area contributed by atoms with E-state index in [1.807, 2.05) is 39.0 Å². The lowest BCUT2D eigenvalue weighted by Gasteiger charge is -2.22. The lowest BCUT2D eigenvalue weighted by atomic mass is 10.1. The number of benzene rings is 1. The normalized spacial score (nSPS) is 16.1. The van der Waals surface area contributed by atoms with E-state index in [4.69, 9.17) is 9.47 Å².